The summed E-state index contributed by atoms with van der Waals surface area (Å²) in [5.41, 5.74) is -3.69. The second-order valence-corrected chi connectivity index (χ2v) is 5.54. The average molecular weight is 305 g/mol. The molecule has 0 N–H and O–H groups in total. The molecule has 7 heteroatoms. The molecule has 0 spiro atoms. The van der Waals surface area contributed by atoms with Gasteiger partial charge in [-0.25, -0.2) is 0 Å². The molecule has 1 heterocycles. The second kappa shape index (κ2) is 6.60. The van der Waals surface area contributed by atoms with Crippen LogP contribution in [0.1, 0.15) is 5.56 Å². The third-order valence-corrected chi connectivity index (χ3v) is 3.77. The van der Waals surface area contributed by atoms with Gasteiger partial charge < -0.3 is 9.53 Å². The van der Waals surface area contributed by atoms with E-state index in [0.717, 1.165) is 6.29 Å². The fourth-order valence-electron chi connectivity index (χ4n) is 2.06. The highest BCUT2D eigenvalue weighted by Crippen LogP contribution is 2.38. The smallest absolute Gasteiger partial charge is 0.368 e. The number of carbonyl (C=O) groups excluding carboxylic acids is 1. The molecular weight excluding hydrogens is 291 g/mol. The minimum absolute atomic E-state index is 0.105. The third-order valence-electron chi connectivity index (χ3n) is 2.92. The van der Waals surface area contributed by atoms with Gasteiger partial charge in [-0.1, -0.05) is 18.2 Å². The molecule has 0 aromatic heterocycles. The largest absolute Gasteiger partial charge is 0.446 e. The molecule has 1 aliphatic heterocycles. The number of hydrogen-bond acceptors (Lipinski definition) is 4. The lowest BCUT2D eigenvalue weighted by molar-refractivity contribution is -0.123. The average Bonchev–Trinajstić information content (AvgIpc) is 2.40. The van der Waals surface area contributed by atoms with Crippen LogP contribution in [0.3, 0.4) is 0 Å². The summed E-state index contributed by atoms with van der Waals surface area (Å²) in [5, 5.41) is 0. The van der Waals surface area contributed by atoms with Crippen molar-refractivity contribution in [2.24, 2.45) is 0 Å². The summed E-state index contributed by atoms with van der Waals surface area (Å²) < 4.78 is 42.7. The standard InChI is InChI=1S/C13H14F3NO2S/c14-13(15,16)20-12-4-2-1-3-10(12)7-17-5-6-19-11(8-17)9-18/h1-4,9,11H,5-8H2. The summed E-state index contributed by atoms with van der Waals surface area (Å²) in [6, 6.07) is 6.45. The molecule has 1 unspecified atom stereocenters. The van der Waals surface area contributed by atoms with Crippen LogP contribution < -0.4 is 0 Å². The first-order valence-corrected chi connectivity index (χ1v) is 6.92. The molecule has 2 rings (SSSR count). The van der Waals surface area contributed by atoms with Crippen molar-refractivity contribution in [3.05, 3.63) is 29.8 Å². The van der Waals surface area contributed by atoms with Crippen LogP contribution in [0.2, 0.25) is 0 Å². The molecule has 1 atom stereocenters. The Morgan fingerprint density at radius 3 is 2.85 bits per heavy atom. The highest BCUT2D eigenvalue weighted by atomic mass is 32.2. The number of nitrogens with zero attached hydrogens (tertiary/aromatic N) is 1. The van der Waals surface area contributed by atoms with Crippen molar-refractivity contribution < 1.29 is 22.7 Å². The van der Waals surface area contributed by atoms with Gasteiger partial charge in [0.2, 0.25) is 0 Å². The van der Waals surface area contributed by atoms with Gasteiger partial charge in [0, 0.05) is 24.5 Å². The SMILES string of the molecule is O=CC1CN(Cc2ccccc2SC(F)(F)F)CCO1. The Morgan fingerprint density at radius 2 is 2.15 bits per heavy atom. The fraction of sp³-hybridized carbons (Fsp3) is 0.462. The number of morpholine rings is 1. The van der Waals surface area contributed by atoms with Crippen molar-refractivity contribution in [1.29, 1.82) is 0 Å². The number of carbonyl (C=O) groups is 1. The van der Waals surface area contributed by atoms with E-state index >= 15 is 0 Å². The van der Waals surface area contributed by atoms with Crippen molar-refractivity contribution in [3.63, 3.8) is 0 Å². The van der Waals surface area contributed by atoms with Gasteiger partial charge in [0.05, 0.1) is 6.61 Å². The lowest BCUT2D eigenvalue weighted by atomic mass is 10.2. The maximum absolute atomic E-state index is 12.5. The minimum atomic E-state index is -4.30. The number of benzene rings is 1. The van der Waals surface area contributed by atoms with Gasteiger partial charge in [0.15, 0.2) is 0 Å². The van der Waals surface area contributed by atoms with Crippen LogP contribution in [-0.2, 0) is 16.1 Å². The zero-order valence-electron chi connectivity index (χ0n) is 10.6. The molecule has 110 valence electrons. The van der Waals surface area contributed by atoms with Gasteiger partial charge in [-0.2, -0.15) is 13.2 Å². The number of aldehydes is 1. The number of hydrogen-bond donors (Lipinski definition) is 0. The van der Waals surface area contributed by atoms with Crippen LogP contribution in [0.25, 0.3) is 0 Å². The zero-order chi connectivity index (χ0) is 14.6. The predicted molar refractivity (Wildman–Crippen MR) is 69.4 cm³/mol. The Hall–Kier alpha value is -1.05. The molecule has 1 fully saturated rings. The molecule has 0 saturated carbocycles. The highest BCUT2D eigenvalue weighted by molar-refractivity contribution is 8.00. The van der Waals surface area contributed by atoms with Crippen molar-refractivity contribution in [1.82, 2.24) is 4.90 Å². The second-order valence-electron chi connectivity index (χ2n) is 4.44. The number of halogens is 3. The van der Waals surface area contributed by atoms with E-state index in [1.807, 2.05) is 4.90 Å². The number of rotatable bonds is 4. The molecule has 0 bridgehead atoms. The van der Waals surface area contributed by atoms with E-state index in [1.165, 1.54) is 6.07 Å². The van der Waals surface area contributed by atoms with Gasteiger partial charge >= 0.3 is 5.51 Å². The molecule has 20 heavy (non-hydrogen) atoms. The molecule has 0 amide bonds. The van der Waals surface area contributed by atoms with Crippen LogP contribution >= 0.6 is 11.8 Å². The van der Waals surface area contributed by atoms with Gasteiger partial charge in [-0.05, 0) is 23.4 Å². The molecule has 1 saturated heterocycles. The van der Waals surface area contributed by atoms with Crippen molar-refractivity contribution in [3.8, 4) is 0 Å². The molecular formula is C13H14F3NO2S. The zero-order valence-corrected chi connectivity index (χ0v) is 11.4. The highest BCUT2D eigenvalue weighted by Gasteiger charge is 2.30. The fourth-order valence-corrected chi connectivity index (χ4v) is 2.72. The van der Waals surface area contributed by atoms with Gasteiger partial charge in [0.25, 0.3) is 0 Å². The van der Waals surface area contributed by atoms with Crippen molar-refractivity contribution in [2.75, 3.05) is 19.7 Å². The van der Waals surface area contributed by atoms with E-state index in [-0.39, 0.29) is 16.7 Å². The first kappa shape index (κ1) is 15.3. The minimum Gasteiger partial charge on any atom is -0.368 e. The Balaban J connectivity index is 2.07. The Bertz CT molecular complexity index is 467. The topological polar surface area (TPSA) is 29.5 Å². The summed E-state index contributed by atoms with van der Waals surface area (Å²) in [7, 11) is 0. The van der Waals surface area contributed by atoms with Crippen LogP contribution in [-0.4, -0.2) is 42.5 Å². The molecule has 1 aliphatic rings. The molecule has 0 aliphatic carbocycles. The first-order chi connectivity index (χ1) is 9.48. The van der Waals surface area contributed by atoms with Gasteiger partial charge in [-0.3, -0.25) is 4.90 Å². The lowest BCUT2D eigenvalue weighted by Gasteiger charge is -2.30. The normalized spacial score (nSPS) is 20.9. The summed E-state index contributed by atoms with van der Waals surface area (Å²) in [5.74, 6) is 0. The van der Waals surface area contributed by atoms with Gasteiger partial charge in [-0.15, -0.1) is 0 Å². The van der Waals surface area contributed by atoms with E-state index in [9.17, 15) is 18.0 Å². The molecule has 1 aromatic carbocycles. The van der Waals surface area contributed by atoms with E-state index in [2.05, 4.69) is 0 Å². The lowest BCUT2D eigenvalue weighted by Crippen LogP contribution is -2.42. The molecule has 3 nitrogen and oxygen atoms in total. The first-order valence-electron chi connectivity index (χ1n) is 6.11. The summed E-state index contributed by atoms with van der Waals surface area (Å²) in [4.78, 5) is 12.8. The summed E-state index contributed by atoms with van der Waals surface area (Å²) >= 11 is -0.105. The van der Waals surface area contributed by atoms with Crippen LogP contribution in [0.4, 0.5) is 13.2 Å². The van der Waals surface area contributed by atoms with E-state index in [4.69, 9.17) is 4.74 Å². The Morgan fingerprint density at radius 1 is 1.40 bits per heavy atom. The monoisotopic (exact) mass is 305 g/mol. The number of thioether (sulfide) groups is 1. The van der Waals surface area contributed by atoms with Gasteiger partial charge in [0.1, 0.15) is 12.4 Å². The van der Waals surface area contributed by atoms with Crippen molar-refractivity contribution in [2.45, 2.75) is 23.1 Å². The molecule has 0 radical (unpaired) electrons. The quantitative estimate of drug-likeness (QED) is 0.632. The summed E-state index contributed by atoms with van der Waals surface area (Å²) in [6.07, 6.45) is 0.230. The van der Waals surface area contributed by atoms with E-state index in [0.29, 0.717) is 31.8 Å². The maximum Gasteiger partial charge on any atom is 0.446 e. The number of alkyl halides is 3. The Labute approximate surface area is 119 Å². The Kier molecular flexibility index (Phi) is 5.06. The predicted octanol–water partition coefficient (Wildman–Crippen LogP) is 2.70. The molecule has 1 aromatic rings. The van der Waals surface area contributed by atoms with Crippen LogP contribution in [0.5, 0.6) is 0 Å². The van der Waals surface area contributed by atoms with E-state index in [1.54, 1.807) is 18.2 Å². The number of ether oxygens (including phenoxy) is 1. The summed E-state index contributed by atoms with van der Waals surface area (Å²) in [6.45, 7) is 1.81. The van der Waals surface area contributed by atoms with E-state index < -0.39 is 11.6 Å². The third kappa shape index (κ3) is 4.50. The van der Waals surface area contributed by atoms with Crippen molar-refractivity contribution >= 4 is 18.0 Å². The maximum atomic E-state index is 12.5. The van der Waals surface area contributed by atoms with Crippen LogP contribution in [0.15, 0.2) is 29.2 Å². The van der Waals surface area contributed by atoms with Crippen LogP contribution in [0, 0.1) is 0 Å².